The molecule has 0 unspecified atom stereocenters. The minimum Gasteiger partial charge on any atom is -0.339 e. The summed E-state index contributed by atoms with van der Waals surface area (Å²) in [7, 11) is 2.12. The number of rotatable bonds is 2. The number of benzene rings is 1. The molecule has 0 bridgehead atoms. The Labute approximate surface area is 118 Å². The van der Waals surface area contributed by atoms with Gasteiger partial charge in [-0.25, -0.2) is 0 Å². The molecule has 2 heterocycles. The number of ketones is 1. The molecule has 0 amide bonds. The molecule has 20 heavy (non-hydrogen) atoms. The molecule has 0 aliphatic carbocycles. The predicted molar refractivity (Wildman–Crippen MR) is 82.2 cm³/mol. The van der Waals surface area contributed by atoms with Gasteiger partial charge in [0.15, 0.2) is 5.78 Å². The Hall–Kier alpha value is -2.07. The van der Waals surface area contributed by atoms with Gasteiger partial charge in [0.25, 0.3) is 0 Å². The zero-order valence-corrected chi connectivity index (χ0v) is 11.9. The Morgan fingerprint density at radius 3 is 2.80 bits per heavy atom. The molecular formula is C16H19N3O. The average Bonchev–Trinajstić information content (AvgIpc) is 2.76. The molecule has 3 rings (SSSR count). The van der Waals surface area contributed by atoms with Gasteiger partial charge in [0.2, 0.25) is 0 Å². The van der Waals surface area contributed by atoms with Crippen LogP contribution in [0.3, 0.4) is 0 Å². The largest absolute Gasteiger partial charge is 0.339 e. The van der Waals surface area contributed by atoms with Gasteiger partial charge in [-0.2, -0.15) is 0 Å². The standard InChI is InChI=1S/C16H19N3O/c1-11(20)13-3-4-16-14(9-13)15(10-19(16)17)12-5-7-18(2)8-6-12/h3-5,9-10H,6-8,17H2,1-2H3. The third kappa shape index (κ3) is 2.12. The monoisotopic (exact) mass is 269 g/mol. The number of nitrogen functional groups attached to an aromatic ring is 1. The molecule has 1 aromatic heterocycles. The molecule has 1 aliphatic heterocycles. The Morgan fingerprint density at radius 1 is 1.35 bits per heavy atom. The molecule has 0 saturated carbocycles. The first-order chi connectivity index (χ1) is 9.56. The summed E-state index contributed by atoms with van der Waals surface area (Å²) in [5, 5.41) is 1.07. The van der Waals surface area contributed by atoms with Crippen molar-refractivity contribution >= 4 is 22.3 Å². The number of carbonyl (C=O) groups excluding carboxylic acids is 1. The summed E-state index contributed by atoms with van der Waals surface area (Å²) < 4.78 is 1.65. The van der Waals surface area contributed by atoms with Crippen molar-refractivity contribution in [2.24, 2.45) is 0 Å². The van der Waals surface area contributed by atoms with E-state index in [4.69, 9.17) is 5.84 Å². The SMILES string of the molecule is CC(=O)c1ccc2c(c1)c(C1=CCN(C)CC1)cn2N. The number of likely N-dealkylation sites (N-methyl/N-ethyl adjacent to an activating group) is 1. The molecule has 104 valence electrons. The fraction of sp³-hybridized carbons (Fsp3) is 0.312. The van der Waals surface area contributed by atoms with E-state index < -0.39 is 0 Å². The summed E-state index contributed by atoms with van der Waals surface area (Å²) in [6, 6.07) is 5.71. The summed E-state index contributed by atoms with van der Waals surface area (Å²) in [6.45, 7) is 3.60. The molecule has 4 heteroatoms. The molecule has 0 radical (unpaired) electrons. The second-order valence-electron chi connectivity index (χ2n) is 5.48. The fourth-order valence-corrected chi connectivity index (χ4v) is 2.75. The predicted octanol–water partition coefficient (Wildman–Crippen LogP) is 2.28. The van der Waals surface area contributed by atoms with Gasteiger partial charge < -0.3 is 10.7 Å². The topological polar surface area (TPSA) is 51.3 Å². The summed E-state index contributed by atoms with van der Waals surface area (Å²) >= 11 is 0. The molecule has 1 aliphatic rings. The van der Waals surface area contributed by atoms with Crippen molar-refractivity contribution in [3.8, 4) is 0 Å². The normalized spacial score (nSPS) is 16.4. The van der Waals surface area contributed by atoms with Crippen LogP contribution in [0.4, 0.5) is 0 Å². The summed E-state index contributed by atoms with van der Waals surface area (Å²) in [6.07, 6.45) is 5.23. The maximum Gasteiger partial charge on any atom is 0.159 e. The van der Waals surface area contributed by atoms with Gasteiger partial charge in [0, 0.05) is 35.8 Å². The number of nitrogens with two attached hydrogens (primary N) is 1. The number of hydrogen-bond acceptors (Lipinski definition) is 3. The van der Waals surface area contributed by atoms with Gasteiger partial charge in [0.1, 0.15) is 0 Å². The van der Waals surface area contributed by atoms with E-state index >= 15 is 0 Å². The number of Topliss-reactive ketones (excluding diaryl/α,β-unsaturated/α-hetero) is 1. The highest BCUT2D eigenvalue weighted by molar-refractivity contribution is 6.01. The molecule has 2 aromatic rings. The third-order valence-electron chi connectivity index (χ3n) is 4.00. The van der Waals surface area contributed by atoms with Crippen molar-refractivity contribution in [2.45, 2.75) is 13.3 Å². The van der Waals surface area contributed by atoms with Crippen LogP contribution >= 0.6 is 0 Å². The Balaban J connectivity index is 2.15. The maximum atomic E-state index is 11.6. The van der Waals surface area contributed by atoms with Crippen LogP contribution in [0.5, 0.6) is 0 Å². The minimum absolute atomic E-state index is 0.0833. The maximum absolute atomic E-state index is 11.6. The lowest BCUT2D eigenvalue weighted by Gasteiger charge is -2.21. The van der Waals surface area contributed by atoms with Crippen molar-refractivity contribution in [3.63, 3.8) is 0 Å². The van der Waals surface area contributed by atoms with Crippen LogP contribution < -0.4 is 5.84 Å². The molecule has 0 saturated heterocycles. The van der Waals surface area contributed by atoms with E-state index in [0.717, 1.165) is 41.5 Å². The van der Waals surface area contributed by atoms with Crippen molar-refractivity contribution in [3.05, 3.63) is 41.6 Å². The molecule has 4 nitrogen and oxygen atoms in total. The first kappa shape index (κ1) is 12.9. The molecule has 0 fully saturated rings. The smallest absolute Gasteiger partial charge is 0.159 e. The lowest BCUT2D eigenvalue weighted by Crippen LogP contribution is -2.23. The Morgan fingerprint density at radius 2 is 2.15 bits per heavy atom. The zero-order valence-electron chi connectivity index (χ0n) is 11.9. The van der Waals surface area contributed by atoms with E-state index in [0.29, 0.717) is 0 Å². The van der Waals surface area contributed by atoms with Crippen molar-refractivity contribution in [1.29, 1.82) is 0 Å². The highest BCUT2D eigenvalue weighted by Gasteiger charge is 2.15. The Kier molecular flexibility index (Phi) is 3.10. The van der Waals surface area contributed by atoms with E-state index in [1.807, 2.05) is 24.4 Å². The van der Waals surface area contributed by atoms with E-state index in [9.17, 15) is 4.79 Å². The molecule has 1 aromatic carbocycles. The highest BCUT2D eigenvalue weighted by atomic mass is 16.1. The molecular weight excluding hydrogens is 250 g/mol. The van der Waals surface area contributed by atoms with E-state index in [2.05, 4.69) is 18.0 Å². The quantitative estimate of drug-likeness (QED) is 0.672. The molecule has 0 atom stereocenters. The van der Waals surface area contributed by atoms with Crippen LogP contribution in [0, 0.1) is 0 Å². The first-order valence-corrected chi connectivity index (χ1v) is 6.85. The second kappa shape index (κ2) is 4.80. The fourth-order valence-electron chi connectivity index (χ4n) is 2.75. The van der Waals surface area contributed by atoms with Gasteiger partial charge in [-0.15, -0.1) is 0 Å². The van der Waals surface area contributed by atoms with Crippen molar-refractivity contribution < 1.29 is 4.79 Å². The molecule has 2 N–H and O–H groups in total. The second-order valence-corrected chi connectivity index (χ2v) is 5.48. The average molecular weight is 269 g/mol. The highest BCUT2D eigenvalue weighted by Crippen LogP contribution is 2.30. The van der Waals surface area contributed by atoms with Gasteiger partial charge in [-0.05, 0) is 44.2 Å². The third-order valence-corrected chi connectivity index (χ3v) is 4.00. The Bertz CT molecular complexity index is 712. The van der Waals surface area contributed by atoms with Crippen molar-refractivity contribution in [1.82, 2.24) is 9.58 Å². The van der Waals surface area contributed by atoms with Crippen LogP contribution in [-0.4, -0.2) is 35.5 Å². The van der Waals surface area contributed by atoms with Crippen LogP contribution in [0.25, 0.3) is 16.5 Å². The van der Waals surface area contributed by atoms with E-state index in [-0.39, 0.29) is 5.78 Å². The van der Waals surface area contributed by atoms with Gasteiger partial charge in [0.05, 0.1) is 5.52 Å². The number of hydrogen-bond donors (Lipinski definition) is 1. The van der Waals surface area contributed by atoms with E-state index in [1.54, 1.807) is 11.6 Å². The first-order valence-electron chi connectivity index (χ1n) is 6.85. The van der Waals surface area contributed by atoms with Crippen LogP contribution in [0.2, 0.25) is 0 Å². The van der Waals surface area contributed by atoms with Gasteiger partial charge in [-0.3, -0.25) is 9.47 Å². The minimum atomic E-state index is 0.0833. The summed E-state index contributed by atoms with van der Waals surface area (Å²) in [5.74, 6) is 6.11. The molecule has 0 spiro atoms. The van der Waals surface area contributed by atoms with Crippen LogP contribution in [0.1, 0.15) is 29.3 Å². The summed E-state index contributed by atoms with van der Waals surface area (Å²) in [5.41, 5.74) is 4.17. The van der Waals surface area contributed by atoms with E-state index in [1.165, 1.54) is 5.57 Å². The lowest BCUT2D eigenvalue weighted by atomic mass is 9.98. The van der Waals surface area contributed by atoms with Crippen molar-refractivity contribution in [2.75, 3.05) is 26.0 Å². The van der Waals surface area contributed by atoms with Gasteiger partial charge >= 0.3 is 0 Å². The number of fused-ring (bicyclic) bond motifs is 1. The van der Waals surface area contributed by atoms with Gasteiger partial charge in [-0.1, -0.05) is 6.08 Å². The zero-order chi connectivity index (χ0) is 14.3. The number of aromatic nitrogens is 1. The lowest BCUT2D eigenvalue weighted by molar-refractivity contribution is 0.101. The summed E-state index contributed by atoms with van der Waals surface area (Å²) in [4.78, 5) is 13.9. The number of carbonyl (C=O) groups is 1. The van der Waals surface area contributed by atoms with Crippen LogP contribution in [-0.2, 0) is 0 Å². The number of nitrogens with zero attached hydrogens (tertiary/aromatic N) is 2. The van der Waals surface area contributed by atoms with Crippen LogP contribution in [0.15, 0.2) is 30.5 Å².